The molecule has 5 heterocycles. The molecule has 0 aliphatic carbocycles. The van der Waals surface area contributed by atoms with Gasteiger partial charge in [0.15, 0.2) is 5.65 Å². The molecule has 5 rings (SSSR count). The van der Waals surface area contributed by atoms with Crippen LogP contribution in [-0.4, -0.2) is 71.1 Å². The number of urea groups is 1. The SMILES string of the molecule is CC[C@H]1CN(C(=O)Nc2nccc3c2cnn3C)CCN1c1nc(N)nc2c1cnn2C. The van der Waals surface area contributed by atoms with Crippen molar-refractivity contribution in [1.29, 1.82) is 0 Å². The predicted molar refractivity (Wildman–Crippen MR) is 121 cm³/mol. The summed E-state index contributed by atoms with van der Waals surface area (Å²) in [7, 11) is 3.69. The number of carbonyl (C=O) groups excluding carboxylic acids is 1. The minimum Gasteiger partial charge on any atom is -0.368 e. The highest BCUT2D eigenvalue weighted by Gasteiger charge is 2.31. The highest BCUT2D eigenvalue weighted by atomic mass is 16.2. The van der Waals surface area contributed by atoms with E-state index >= 15 is 0 Å². The van der Waals surface area contributed by atoms with E-state index in [2.05, 4.69) is 42.3 Å². The first-order chi connectivity index (χ1) is 15.5. The lowest BCUT2D eigenvalue weighted by Gasteiger charge is -2.41. The molecule has 166 valence electrons. The second-order valence-electron chi connectivity index (χ2n) is 7.90. The number of nitrogens with two attached hydrogens (primary N) is 1. The van der Waals surface area contributed by atoms with Gasteiger partial charge in [-0.3, -0.25) is 14.7 Å². The lowest BCUT2D eigenvalue weighted by atomic mass is 10.1. The molecule has 32 heavy (non-hydrogen) atoms. The number of hydrogen-bond donors (Lipinski definition) is 2. The number of pyridine rings is 1. The van der Waals surface area contributed by atoms with Crippen molar-refractivity contribution in [3.05, 3.63) is 24.7 Å². The summed E-state index contributed by atoms with van der Waals surface area (Å²) in [6, 6.07) is 1.77. The number of piperazine rings is 1. The maximum atomic E-state index is 13.1. The largest absolute Gasteiger partial charge is 0.368 e. The molecule has 0 aromatic carbocycles. The highest BCUT2D eigenvalue weighted by Crippen LogP contribution is 2.29. The van der Waals surface area contributed by atoms with Gasteiger partial charge in [0, 0.05) is 46.0 Å². The number of anilines is 3. The summed E-state index contributed by atoms with van der Waals surface area (Å²) in [6.07, 6.45) is 5.98. The number of carbonyl (C=O) groups is 1. The number of nitrogen functional groups attached to an aromatic ring is 1. The first-order valence-electron chi connectivity index (χ1n) is 10.5. The van der Waals surface area contributed by atoms with Crippen LogP contribution in [0.4, 0.5) is 22.4 Å². The second kappa shape index (κ2) is 7.62. The molecule has 3 N–H and O–H groups in total. The van der Waals surface area contributed by atoms with Gasteiger partial charge >= 0.3 is 6.03 Å². The van der Waals surface area contributed by atoms with E-state index in [-0.39, 0.29) is 18.0 Å². The zero-order valence-electron chi connectivity index (χ0n) is 18.2. The molecule has 0 bridgehead atoms. The van der Waals surface area contributed by atoms with Gasteiger partial charge in [0.05, 0.1) is 28.7 Å². The minimum absolute atomic E-state index is 0.0781. The van der Waals surface area contributed by atoms with Gasteiger partial charge in [0.1, 0.15) is 11.6 Å². The third kappa shape index (κ3) is 3.24. The second-order valence-corrected chi connectivity index (χ2v) is 7.90. The Balaban J connectivity index is 1.37. The van der Waals surface area contributed by atoms with Gasteiger partial charge in [-0.25, -0.2) is 9.78 Å². The number of rotatable bonds is 3. The molecule has 12 nitrogen and oxygen atoms in total. The number of aromatic nitrogens is 7. The summed E-state index contributed by atoms with van der Waals surface area (Å²) < 4.78 is 3.44. The maximum Gasteiger partial charge on any atom is 0.323 e. The summed E-state index contributed by atoms with van der Waals surface area (Å²) in [6.45, 7) is 3.81. The molecule has 1 atom stereocenters. The molecule has 0 unspecified atom stereocenters. The normalized spacial score (nSPS) is 16.8. The van der Waals surface area contributed by atoms with E-state index in [0.29, 0.717) is 31.1 Å². The lowest BCUT2D eigenvalue weighted by Crippen LogP contribution is -2.56. The van der Waals surface area contributed by atoms with Gasteiger partial charge in [-0.2, -0.15) is 20.2 Å². The molecule has 0 radical (unpaired) electrons. The Hall–Kier alpha value is -3.96. The summed E-state index contributed by atoms with van der Waals surface area (Å²) in [5, 5.41) is 13.2. The molecule has 0 spiro atoms. The number of nitrogens with zero attached hydrogens (tertiary/aromatic N) is 9. The van der Waals surface area contributed by atoms with Crippen molar-refractivity contribution in [3.8, 4) is 0 Å². The number of aryl methyl sites for hydroxylation is 2. The van der Waals surface area contributed by atoms with Crippen LogP contribution in [0.2, 0.25) is 0 Å². The fourth-order valence-electron chi connectivity index (χ4n) is 4.27. The molecule has 4 aromatic rings. The van der Waals surface area contributed by atoms with E-state index in [9.17, 15) is 4.79 Å². The summed E-state index contributed by atoms with van der Waals surface area (Å²) in [5.41, 5.74) is 7.58. The summed E-state index contributed by atoms with van der Waals surface area (Å²) >= 11 is 0. The minimum atomic E-state index is -0.180. The van der Waals surface area contributed by atoms with Crippen LogP contribution >= 0.6 is 0 Å². The molecule has 1 aliphatic rings. The Morgan fingerprint density at radius 3 is 2.75 bits per heavy atom. The van der Waals surface area contributed by atoms with Crippen molar-refractivity contribution in [1.82, 2.24) is 39.4 Å². The van der Waals surface area contributed by atoms with Crippen molar-refractivity contribution >= 4 is 45.6 Å². The van der Waals surface area contributed by atoms with Crippen LogP contribution in [0, 0.1) is 0 Å². The quantitative estimate of drug-likeness (QED) is 0.492. The third-order valence-electron chi connectivity index (χ3n) is 6.00. The Morgan fingerprint density at radius 2 is 1.94 bits per heavy atom. The summed E-state index contributed by atoms with van der Waals surface area (Å²) in [5.74, 6) is 1.48. The van der Waals surface area contributed by atoms with E-state index < -0.39 is 0 Å². The standard InChI is InChI=1S/C20H25N11O/c1-4-12-11-30(20(32)25-16-13-9-23-28(2)15(13)5-6-22-16)7-8-31(12)18-14-10-24-29(3)17(14)26-19(21)27-18/h5-6,9-10,12H,4,7-8,11H2,1-3H3,(H2,21,26,27)(H,22,25,32)/t12-/m0/s1. The molecule has 0 saturated carbocycles. The Labute approximate surface area is 184 Å². The fraction of sp³-hybridized carbons (Fsp3) is 0.400. The zero-order chi connectivity index (χ0) is 22.4. The zero-order valence-corrected chi connectivity index (χ0v) is 18.2. The third-order valence-corrected chi connectivity index (χ3v) is 6.00. The highest BCUT2D eigenvalue weighted by molar-refractivity contribution is 5.98. The van der Waals surface area contributed by atoms with Crippen LogP contribution in [0.3, 0.4) is 0 Å². The molecular formula is C20H25N11O. The van der Waals surface area contributed by atoms with Gasteiger partial charge in [-0.15, -0.1) is 0 Å². The van der Waals surface area contributed by atoms with E-state index in [1.807, 2.05) is 25.1 Å². The van der Waals surface area contributed by atoms with Gasteiger partial charge in [0.2, 0.25) is 5.95 Å². The lowest BCUT2D eigenvalue weighted by molar-refractivity contribution is 0.197. The van der Waals surface area contributed by atoms with Crippen molar-refractivity contribution in [2.24, 2.45) is 14.1 Å². The van der Waals surface area contributed by atoms with E-state index in [1.165, 1.54) is 0 Å². The first kappa shape index (κ1) is 20.0. The average Bonchev–Trinajstić information content (AvgIpc) is 3.36. The van der Waals surface area contributed by atoms with Crippen LogP contribution < -0.4 is 16.0 Å². The number of amides is 2. The molecular weight excluding hydrogens is 410 g/mol. The molecule has 12 heteroatoms. The number of nitrogens with one attached hydrogen (secondary N) is 1. The van der Waals surface area contributed by atoms with Crippen molar-refractivity contribution < 1.29 is 4.79 Å². The number of hydrogen-bond acceptors (Lipinski definition) is 8. The fourth-order valence-corrected chi connectivity index (χ4v) is 4.27. The number of fused-ring (bicyclic) bond motifs is 2. The molecule has 1 fully saturated rings. The topological polar surface area (TPSA) is 136 Å². The summed E-state index contributed by atoms with van der Waals surface area (Å²) in [4.78, 5) is 30.2. The van der Waals surface area contributed by atoms with Crippen LogP contribution in [0.1, 0.15) is 13.3 Å². The van der Waals surface area contributed by atoms with E-state index in [1.54, 1.807) is 28.0 Å². The molecule has 2 amide bonds. The first-order valence-corrected chi connectivity index (χ1v) is 10.5. The smallest absolute Gasteiger partial charge is 0.323 e. The molecule has 1 aliphatic heterocycles. The van der Waals surface area contributed by atoms with Crippen LogP contribution in [0.25, 0.3) is 21.9 Å². The van der Waals surface area contributed by atoms with Crippen LogP contribution in [0.5, 0.6) is 0 Å². The van der Waals surface area contributed by atoms with Crippen LogP contribution in [0.15, 0.2) is 24.7 Å². The Morgan fingerprint density at radius 1 is 1.16 bits per heavy atom. The predicted octanol–water partition coefficient (Wildman–Crippen LogP) is 1.36. The van der Waals surface area contributed by atoms with Crippen LogP contribution in [-0.2, 0) is 14.1 Å². The van der Waals surface area contributed by atoms with Crippen molar-refractivity contribution in [2.45, 2.75) is 19.4 Å². The Kier molecular flexibility index (Phi) is 4.76. The van der Waals surface area contributed by atoms with E-state index in [4.69, 9.17) is 5.73 Å². The van der Waals surface area contributed by atoms with E-state index in [0.717, 1.165) is 28.5 Å². The monoisotopic (exact) mass is 435 g/mol. The average molecular weight is 435 g/mol. The van der Waals surface area contributed by atoms with Gasteiger partial charge in [-0.1, -0.05) is 6.92 Å². The Bertz CT molecular complexity index is 1310. The molecule has 4 aromatic heterocycles. The van der Waals surface area contributed by atoms with Gasteiger partial charge in [-0.05, 0) is 12.5 Å². The van der Waals surface area contributed by atoms with Gasteiger partial charge < -0.3 is 15.5 Å². The van der Waals surface area contributed by atoms with Crippen molar-refractivity contribution in [3.63, 3.8) is 0 Å². The molecule has 1 saturated heterocycles. The van der Waals surface area contributed by atoms with Gasteiger partial charge in [0.25, 0.3) is 0 Å². The van der Waals surface area contributed by atoms with Crippen molar-refractivity contribution in [2.75, 3.05) is 35.6 Å². The maximum absolute atomic E-state index is 13.1.